The van der Waals surface area contributed by atoms with E-state index in [1.165, 1.54) is 16.5 Å². The molecule has 1 amide bonds. The summed E-state index contributed by atoms with van der Waals surface area (Å²) in [6, 6.07) is 18.4. The molecule has 1 aliphatic carbocycles. The van der Waals surface area contributed by atoms with Crippen LogP contribution in [-0.2, 0) is 12.8 Å². The molecule has 0 fully saturated rings. The first kappa shape index (κ1) is 16.2. The molecule has 0 unspecified atom stereocenters. The van der Waals surface area contributed by atoms with Gasteiger partial charge in [-0.2, -0.15) is 0 Å². The Hall–Kier alpha value is -2.26. The summed E-state index contributed by atoms with van der Waals surface area (Å²) in [5.41, 5.74) is 4.42. The number of aryl methyl sites for hydroxylation is 2. The van der Waals surface area contributed by atoms with Crippen LogP contribution in [0.1, 0.15) is 35.3 Å². The van der Waals surface area contributed by atoms with Gasteiger partial charge in [-0.1, -0.05) is 50.2 Å². The number of amides is 1. The molecule has 25 heavy (non-hydrogen) atoms. The molecule has 4 rings (SSSR count). The highest BCUT2D eigenvalue weighted by Crippen LogP contribution is 2.35. The Bertz CT molecular complexity index is 951. The zero-order valence-corrected chi connectivity index (χ0v) is 15.3. The SMILES string of the molecule is CC(C)Sc1ccccc1C(=O)Nc1ccc2c3c(cccc13)CC2. The lowest BCUT2D eigenvalue weighted by Gasteiger charge is -2.13. The molecule has 0 radical (unpaired) electrons. The highest BCUT2D eigenvalue weighted by atomic mass is 32.2. The maximum Gasteiger partial charge on any atom is 0.256 e. The second-order valence-electron chi connectivity index (χ2n) is 6.73. The summed E-state index contributed by atoms with van der Waals surface area (Å²) < 4.78 is 0. The number of carbonyl (C=O) groups excluding carboxylic acids is 1. The van der Waals surface area contributed by atoms with Gasteiger partial charge in [0.2, 0.25) is 0 Å². The summed E-state index contributed by atoms with van der Waals surface area (Å²) in [6.07, 6.45) is 2.19. The molecule has 126 valence electrons. The van der Waals surface area contributed by atoms with Crippen LogP contribution in [0.4, 0.5) is 5.69 Å². The highest BCUT2D eigenvalue weighted by Gasteiger charge is 2.18. The van der Waals surface area contributed by atoms with E-state index >= 15 is 0 Å². The average molecular weight is 347 g/mol. The van der Waals surface area contributed by atoms with Crippen molar-refractivity contribution in [3.63, 3.8) is 0 Å². The molecule has 0 bridgehead atoms. The molecule has 0 saturated heterocycles. The first-order valence-corrected chi connectivity index (χ1v) is 9.62. The lowest BCUT2D eigenvalue weighted by Crippen LogP contribution is -2.13. The van der Waals surface area contributed by atoms with Gasteiger partial charge >= 0.3 is 0 Å². The maximum absolute atomic E-state index is 12.9. The number of rotatable bonds is 4. The van der Waals surface area contributed by atoms with Gasteiger partial charge in [-0.3, -0.25) is 4.79 Å². The smallest absolute Gasteiger partial charge is 0.256 e. The maximum atomic E-state index is 12.9. The fourth-order valence-corrected chi connectivity index (χ4v) is 4.51. The van der Waals surface area contributed by atoms with E-state index in [1.54, 1.807) is 11.8 Å². The number of carbonyl (C=O) groups is 1. The lowest BCUT2D eigenvalue weighted by molar-refractivity contribution is 0.102. The minimum Gasteiger partial charge on any atom is -0.321 e. The molecule has 0 aromatic heterocycles. The zero-order chi connectivity index (χ0) is 17.4. The summed E-state index contributed by atoms with van der Waals surface area (Å²) in [7, 11) is 0. The van der Waals surface area contributed by atoms with E-state index in [2.05, 4.69) is 43.4 Å². The monoisotopic (exact) mass is 347 g/mol. The molecule has 2 nitrogen and oxygen atoms in total. The molecular formula is C22H21NOS. The van der Waals surface area contributed by atoms with E-state index in [4.69, 9.17) is 0 Å². The molecule has 3 heteroatoms. The van der Waals surface area contributed by atoms with E-state index < -0.39 is 0 Å². The zero-order valence-electron chi connectivity index (χ0n) is 14.5. The molecule has 0 spiro atoms. The molecule has 1 N–H and O–H groups in total. The Morgan fingerprint density at radius 3 is 2.52 bits per heavy atom. The van der Waals surface area contributed by atoms with E-state index in [0.717, 1.165) is 34.4 Å². The predicted octanol–water partition coefficient (Wildman–Crippen LogP) is 5.69. The Kier molecular flexibility index (Phi) is 4.26. The Labute approximate surface area is 152 Å². The molecule has 0 atom stereocenters. The topological polar surface area (TPSA) is 29.1 Å². The van der Waals surface area contributed by atoms with Gasteiger partial charge in [0.25, 0.3) is 5.91 Å². The summed E-state index contributed by atoms with van der Waals surface area (Å²) in [5.74, 6) is -0.0394. The van der Waals surface area contributed by atoms with Crippen LogP contribution in [0.25, 0.3) is 10.8 Å². The van der Waals surface area contributed by atoms with Crippen LogP contribution in [-0.4, -0.2) is 11.2 Å². The van der Waals surface area contributed by atoms with Gasteiger partial charge in [0.05, 0.1) is 5.56 Å². The van der Waals surface area contributed by atoms with Crippen LogP contribution in [0.5, 0.6) is 0 Å². The van der Waals surface area contributed by atoms with Crippen molar-refractivity contribution in [2.45, 2.75) is 36.8 Å². The van der Waals surface area contributed by atoms with Crippen molar-refractivity contribution >= 4 is 34.1 Å². The normalized spacial score (nSPS) is 12.8. The van der Waals surface area contributed by atoms with Crippen molar-refractivity contribution in [3.05, 3.63) is 71.3 Å². The summed E-state index contributed by atoms with van der Waals surface area (Å²) in [4.78, 5) is 13.9. The fraction of sp³-hybridized carbons (Fsp3) is 0.227. The van der Waals surface area contributed by atoms with Crippen molar-refractivity contribution in [1.29, 1.82) is 0 Å². The van der Waals surface area contributed by atoms with E-state index in [0.29, 0.717) is 5.25 Å². The Balaban J connectivity index is 1.70. The summed E-state index contributed by atoms with van der Waals surface area (Å²) >= 11 is 1.72. The third-order valence-electron chi connectivity index (χ3n) is 4.62. The van der Waals surface area contributed by atoms with Crippen molar-refractivity contribution in [3.8, 4) is 0 Å². The van der Waals surface area contributed by atoms with E-state index in [-0.39, 0.29) is 5.91 Å². The van der Waals surface area contributed by atoms with E-state index in [1.807, 2.05) is 30.3 Å². The molecular weight excluding hydrogens is 326 g/mol. The van der Waals surface area contributed by atoms with Gasteiger partial charge in [0.15, 0.2) is 0 Å². The first-order valence-electron chi connectivity index (χ1n) is 8.74. The Morgan fingerprint density at radius 1 is 0.960 bits per heavy atom. The molecule has 0 saturated carbocycles. The van der Waals surface area contributed by atoms with Crippen molar-refractivity contribution in [2.75, 3.05) is 5.32 Å². The largest absolute Gasteiger partial charge is 0.321 e. The van der Waals surface area contributed by atoms with Crippen LogP contribution < -0.4 is 5.32 Å². The molecule has 3 aromatic rings. The van der Waals surface area contributed by atoms with Crippen LogP contribution in [0.3, 0.4) is 0 Å². The highest BCUT2D eigenvalue weighted by molar-refractivity contribution is 8.00. The number of nitrogens with one attached hydrogen (secondary N) is 1. The van der Waals surface area contributed by atoms with Gasteiger partial charge in [-0.15, -0.1) is 11.8 Å². The fourth-order valence-electron chi connectivity index (χ4n) is 3.56. The van der Waals surface area contributed by atoms with E-state index in [9.17, 15) is 4.79 Å². The number of benzene rings is 3. The number of hydrogen-bond acceptors (Lipinski definition) is 2. The van der Waals surface area contributed by atoms with Crippen molar-refractivity contribution in [1.82, 2.24) is 0 Å². The van der Waals surface area contributed by atoms with Crippen LogP contribution >= 0.6 is 11.8 Å². The van der Waals surface area contributed by atoms with Crippen LogP contribution in [0.15, 0.2) is 59.5 Å². The third kappa shape index (κ3) is 3.05. The van der Waals surface area contributed by atoms with Gasteiger partial charge in [-0.05, 0) is 47.6 Å². The molecule has 0 aliphatic heterocycles. The number of thioether (sulfide) groups is 1. The molecule has 0 heterocycles. The van der Waals surface area contributed by atoms with Crippen LogP contribution in [0, 0.1) is 0 Å². The summed E-state index contributed by atoms with van der Waals surface area (Å²) in [6.45, 7) is 4.28. The summed E-state index contributed by atoms with van der Waals surface area (Å²) in [5, 5.41) is 6.05. The Morgan fingerprint density at radius 2 is 1.72 bits per heavy atom. The van der Waals surface area contributed by atoms with Gasteiger partial charge < -0.3 is 5.32 Å². The standard InChI is InChI=1S/C22H21NOS/c1-14(2)25-20-9-4-3-7-18(20)22(24)23-19-13-12-16-11-10-15-6-5-8-17(19)21(15)16/h3-9,12-14H,10-11H2,1-2H3,(H,23,24). The molecule has 1 aliphatic rings. The molecule has 3 aromatic carbocycles. The second-order valence-corrected chi connectivity index (χ2v) is 8.35. The first-order chi connectivity index (χ1) is 12.1. The number of anilines is 1. The second kappa shape index (κ2) is 6.57. The quantitative estimate of drug-likeness (QED) is 0.614. The minimum atomic E-state index is -0.0394. The third-order valence-corrected chi connectivity index (χ3v) is 5.70. The van der Waals surface area contributed by atoms with Crippen molar-refractivity contribution in [2.24, 2.45) is 0 Å². The number of hydrogen-bond donors (Lipinski definition) is 1. The van der Waals surface area contributed by atoms with Gasteiger partial charge in [-0.25, -0.2) is 0 Å². The van der Waals surface area contributed by atoms with Crippen molar-refractivity contribution < 1.29 is 4.79 Å². The van der Waals surface area contributed by atoms with Crippen LogP contribution in [0.2, 0.25) is 0 Å². The predicted molar refractivity (Wildman–Crippen MR) is 107 cm³/mol. The average Bonchev–Trinajstić information content (AvgIpc) is 3.02. The minimum absolute atomic E-state index is 0.0394. The van der Waals surface area contributed by atoms with Gasteiger partial charge in [0.1, 0.15) is 0 Å². The lowest BCUT2D eigenvalue weighted by atomic mass is 10.0. The van der Waals surface area contributed by atoms with Gasteiger partial charge in [0, 0.05) is 21.2 Å².